The lowest BCUT2D eigenvalue weighted by molar-refractivity contribution is -0.136. The number of carbonyl (C=O) groups is 1. The topological polar surface area (TPSA) is 114 Å². The zero-order valence-corrected chi connectivity index (χ0v) is 17.4. The van der Waals surface area contributed by atoms with Crippen molar-refractivity contribution in [3.63, 3.8) is 0 Å². The van der Waals surface area contributed by atoms with E-state index in [0.29, 0.717) is 41.7 Å². The van der Waals surface area contributed by atoms with Gasteiger partial charge >= 0.3 is 0 Å². The van der Waals surface area contributed by atoms with E-state index >= 15 is 0 Å². The van der Waals surface area contributed by atoms with Crippen LogP contribution in [0.25, 0.3) is 5.82 Å². The first-order valence-electron chi connectivity index (χ1n) is 11.3. The number of nitrogens with zero attached hydrogens (tertiary/aromatic N) is 4. The van der Waals surface area contributed by atoms with Gasteiger partial charge in [0, 0.05) is 31.2 Å². The molecule has 9 heteroatoms. The van der Waals surface area contributed by atoms with Crippen molar-refractivity contribution in [1.82, 2.24) is 25.1 Å². The second kappa shape index (κ2) is 7.27. The smallest absolute Gasteiger partial charge is 0.256 e. The van der Waals surface area contributed by atoms with Crippen LogP contribution in [0.2, 0.25) is 0 Å². The monoisotopic (exact) mass is 424 g/mol. The normalized spacial score (nSPS) is 36.0. The minimum absolute atomic E-state index is 0.100. The highest BCUT2D eigenvalue weighted by Gasteiger charge is 2.55. The second-order valence-corrected chi connectivity index (χ2v) is 9.78. The largest absolute Gasteiger partial charge is 0.390 e. The van der Waals surface area contributed by atoms with Gasteiger partial charge < -0.3 is 20.5 Å². The summed E-state index contributed by atoms with van der Waals surface area (Å²) in [4.78, 5) is 22.4. The third-order valence-electron chi connectivity index (χ3n) is 7.54. The Morgan fingerprint density at radius 1 is 1.26 bits per heavy atom. The minimum Gasteiger partial charge on any atom is -0.390 e. The van der Waals surface area contributed by atoms with Crippen molar-refractivity contribution in [3.8, 4) is 5.82 Å². The molecule has 2 aromatic heterocycles. The minimum atomic E-state index is -0.516. The molecule has 31 heavy (non-hydrogen) atoms. The fraction of sp³-hybridized carbons (Fsp3) is 0.636. The molecule has 7 rings (SSSR count). The van der Waals surface area contributed by atoms with Gasteiger partial charge in [-0.05, 0) is 62.3 Å². The van der Waals surface area contributed by atoms with Crippen LogP contribution in [-0.4, -0.2) is 61.7 Å². The van der Waals surface area contributed by atoms with Gasteiger partial charge in [0.1, 0.15) is 5.56 Å². The number of hydrogen-bond acceptors (Lipinski definition) is 7. The Balaban J connectivity index is 1.25. The number of rotatable bonds is 5. The van der Waals surface area contributed by atoms with Crippen LogP contribution < -0.4 is 10.6 Å². The summed E-state index contributed by atoms with van der Waals surface area (Å²) in [5, 5.41) is 21.7. The Hall–Kier alpha value is -2.52. The third-order valence-corrected chi connectivity index (χ3v) is 7.54. The van der Waals surface area contributed by atoms with Gasteiger partial charge in [-0.25, -0.2) is 9.67 Å². The van der Waals surface area contributed by atoms with Crippen LogP contribution >= 0.6 is 0 Å². The molecule has 5 fully saturated rings. The zero-order valence-electron chi connectivity index (χ0n) is 17.4. The van der Waals surface area contributed by atoms with Gasteiger partial charge in [0.2, 0.25) is 5.95 Å². The lowest BCUT2D eigenvalue weighted by Gasteiger charge is -2.58. The van der Waals surface area contributed by atoms with Crippen molar-refractivity contribution in [2.24, 2.45) is 17.8 Å². The number of aliphatic hydroxyl groups is 1. The van der Waals surface area contributed by atoms with E-state index in [-0.39, 0.29) is 18.0 Å². The average Bonchev–Trinajstić information content (AvgIpc) is 3.43. The Morgan fingerprint density at radius 2 is 2.10 bits per heavy atom. The van der Waals surface area contributed by atoms with Crippen LogP contribution in [0.1, 0.15) is 48.9 Å². The van der Waals surface area contributed by atoms with Crippen LogP contribution in [0.5, 0.6) is 0 Å². The van der Waals surface area contributed by atoms with Crippen molar-refractivity contribution >= 4 is 11.9 Å². The van der Waals surface area contributed by atoms with Gasteiger partial charge in [0.25, 0.3) is 5.91 Å². The lowest BCUT2D eigenvalue weighted by Crippen LogP contribution is -2.61. The van der Waals surface area contributed by atoms with E-state index in [4.69, 9.17) is 4.74 Å². The molecule has 2 aromatic rings. The van der Waals surface area contributed by atoms with Gasteiger partial charge in [-0.2, -0.15) is 10.1 Å². The van der Waals surface area contributed by atoms with Crippen LogP contribution in [0.3, 0.4) is 0 Å². The van der Waals surface area contributed by atoms with E-state index in [1.54, 1.807) is 29.3 Å². The van der Waals surface area contributed by atoms with E-state index in [1.165, 1.54) is 0 Å². The predicted molar refractivity (Wildman–Crippen MR) is 112 cm³/mol. The molecule has 3 atom stereocenters. The maximum Gasteiger partial charge on any atom is 0.256 e. The number of nitrogens with one attached hydrogen (secondary N) is 2. The molecule has 5 aliphatic rings. The Bertz CT molecular complexity index is 958. The quantitative estimate of drug-likeness (QED) is 0.667. The highest BCUT2D eigenvalue weighted by atomic mass is 16.5. The summed E-state index contributed by atoms with van der Waals surface area (Å²) in [5.41, 5.74) is -0.109. The van der Waals surface area contributed by atoms with Gasteiger partial charge in [-0.15, -0.1) is 0 Å². The first-order valence-corrected chi connectivity index (χ1v) is 11.3. The Labute approximate surface area is 180 Å². The number of carbonyl (C=O) groups excluding carboxylic acids is 1. The number of hydrogen-bond donors (Lipinski definition) is 3. The molecule has 0 aromatic carbocycles. The summed E-state index contributed by atoms with van der Waals surface area (Å²) in [6.45, 7) is 1.35. The van der Waals surface area contributed by atoms with E-state index in [9.17, 15) is 9.90 Å². The molecule has 1 saturated heterocycles. The predicted octanol–water partition coefficient (Wildman–Crippen LogP) is 1.53. The van der Waals surface area contributed by atoms with Crippen LogP contribution in [0.15, 0.2) is 24.7 Å². The average molecular weight is 425 g/mol. The lowest BCUT2D eigenvalue weighted by atomic mass is 9.52. The number of anilines is 1. The van der Waals surface area contributed by atoms with Crippen LogP contribution in [0, 0.1) is 17.8 Å². The highest BCUT2D eigenvalue weighted by molar-refractivity contribution is 5.97. The third kappa shape index (κ3) is 3.49. The SMILES string of the molecule is O=C(NC1C2CC3CC1CC(O)(C3)C2)c1cnc(N[C@@H]2CCOC2)nc1-n1cccn1. The molecule has 4 bridgehead atoms. The maximum atomic E-state index is 13.4. The first-order chi connectivity index (χ1) is 15.1. The number of aromatic nitrogens is 4. The molecule has 3 heterocycles. The van der Waals surface area contributed by atoms with Crippen molar-refractivity contribution < 1.29 is 14.6 Å². The molecule has 4 saturated carbocycles. The summed E-state index contributed by atoms with van der Waals surface area (Å²) in [6.07, 6.45) is 10.6. The fourth-order valence-electron chi connectivity index (χ4n) is 6.45. The van der Waals surface area contributed by atoms with Gasteiger partial charge in [0.15, 0.2) is 5.82 Å². The maximum absolute atomic E-state index is 13.4. The van der Waals surface area contributed by atoms with E-state index < -0.39 is 5.60 Å². The van der Waals surface area contributed by atoms with Crippen molar-refractivity contribution in [2.45, 2.75) is 56.2 Å². The summed E-state index contributed by atoms with van der Waals surface area (Å²) in [7, 11) is 0. The number of ether oxygens (including phenoxy) is 1. The van der Waals surface area contributed by atoms with Crippen molar-refractivity contribution in [3.05, 3.63) is 30.2 Å². The molecule has 1 aliphatic heterocycles. The molecule has 164 valence electrons. The Morgan fingerprint density at radius 3 is 2.77 bits per heavy atom. The van der Waals surface area contributed by atoms with E-state index in [2.05, 4.69) is 25.7 Å². The van der Waals surface area contributed by atoms with Gasteiger partial charge in [0.05, 0.1) is 18.2 Å². The molecule has 9 nitrogen and oxygen atoms in total. The highest BCUT2D eigenvalue weighted by Crippen LogP contribution is 2.55. The van der Waals surface area contributed by atoms with Crippen molar-refractivity contribution in [1.29, 1.82) is 0 Å². The summed E-state index contributed by atoms with van der Waals surface area (Å²) in [5.74, 6) is 2.04. The molecule has 2 unspecified atom stereocenters. The standard InChI is InChI=1S/C22H28N6O3/c29-20(26-18-14-6-13-7-15(18)10-22(30,8-13)9-14)17-11-23-21(25-16-2-5-31-12-16)27-19(17)28-4-1-3-24-28/h1,3-4,11,13-16,18,30H,2,5-10,12H2,(H,26,29)(H,23,25,27)/t13?,14?,15?,16-,18?,22?/m1/s1. The second-order valence-electron chi connectivity index (χ2n) is 9.78. The van der Waals surface area contributed by atoms with Crippen LogP contribution in [-0.2, 0) is 4.74 Å². The molecule has 0 spiro atoms. The first kappa shape index (κ1) is 19.2. The zero-order chi connectivity index (χ0) is 21.0. The molecular formula is C22H28N6O3. The van der Waals surface area contributed by atoms with E-state index in [1.807, 2.05) is 0 Å². The van der Waals surface area contributed by atoms with Gasteiger partial charge in [-0.1, -0.05) is 0 Å². The van der Waals surface area contributed by atoms with E-state index in [0.717, 1.165) is 45.1 Å². The summed E-state index contributed by atoms with van der Waals surface area (Å²) < 4.78 is 7.02. The molecule has 0 radical (unpaired) electrons. The van der Waals surface area contributed by atoms with Crippen molar-refractivity contribution in [2.75, 3.05) is 18.5 Å². The summed E-state index contributed by atoms with van der Waals surface area (Å²) >= 11 is 0. The fourth-order valence-corrected chi connectivity index (χ4v) is 6.45. The molecule has 4 aliphatic carbocycles. The van der Waals surface area contributed by atoms with Gasteiger partial charge in [-0.3, -0.25) is 4.79 Å². The van der Waals surface area contributed by atoms with Crippen LogP contribution in [0.4, 0.5) is 5.95 Å². The number of amides is 1. The summed E-state index contributed by atoms with van der Waals surface area (Å²) in [6, 6.07) is 2.08. The molecule has 1 amide bonds. The molecular weight excluding hydrogens is 396 g/mol. The Kier molecular flexibility index (Phi) is 4.50. The molecule has 3 N–H and O–H groups in total.